The zero-order valence-corrected chi connectivity index (χ0v) is 14.6. The topological polar surface area (TPSA) is 68.1 Å². The Morgan fingerprint density at radius 3 is 2.80 bits per heavy atom. The summed E-state index contributed by atoms with van der Waals surface area (Å²) in [5, 5.41) is 12.3. The second-order valence-corrected chi connectivity index (χ2v) is 6.37. The molecule has 25 heavy (non-hydrogen) atoms. The highest BCUT2D eigenvalue weighted by atomic mass is 15.3. The smallest absolute Gasteiger partial charge is 0.182 e. The van der Waals surface area contributed by atoms with Gasteiger partial charge < -0.3 is 10.2 Å². The Labute approximate surface area is 149 Å². The van der Waals surface area contributed by atoms with Crippen LogP contribution in [0.15, 0.2) is 42.7 Å². The first-order chi connectivity index (χ1) is 12.3. The highest BCUT2D eigenvalue weighted by molar-refractivity contribution is 5.46. The van der Waals surface area contributed by atoms with E-state index in [1.165, 1.54) is 5.56 Å². The minimum absolute atomic E-state index is 0.351. The van der Waals surface area contributed by atoms with Gasteiger partial charge in [-0.15, -0.1) is 0 Å². The molecule has 0 bridgehead atoms. The first-order valence-electron chi connectivity index (χ1n) is 8.70. The average molecular weight is 336 g/mol. The number of piperazine rings is 1. The predicted molar refractivity (Wildman–Crippen MR) is 98.1 cm³/mol. The van der Waals surface area contributed by atoms with Gasteiger partial charge in [0.25, 0.3) is 0 Å². The van der Waals surface area contributed by atoms with E-state index in [4.69, 9.17) is 5.26 Å². The number of nitrogens with one attached hydrogen (secondary N) is 1. The number of hydrogen-bond acceptors (Lipinski definition) is 6. The molecule has 6 nitrogen and oxygen atoms in total. The standard InChI is InChI=1S/C19H24N6/c1-24-12-13-25(18(15-24)16-6-3-2-4-7-16)11-5-8-22-19-17(14-20)21-9-10-23-19/h2-4,6-7,9-10,18H,5,8,11-13,15H2,1H3,(H,22,23)/t18-/m0/s1. The van der Waals surface area contributed by atoms with E-state index in [2.05, 4.69) is 68.5 Å². The molecule has 2 aromatic rings. The fourth-order valence-corrected chi connectivity index (χ4v) is 3.25. The number of anilines is 1. The SMILES string of the molecule is CN1CCN(CCCNc2nccnc2C#N)[C@H](c2ccccc2)C1. The van der Waals surface area contributed by atoms with E-state index in [-0.39, 0.29) is 0 Å². The summed E-state index contributed by atoms with van der Waals surface area (Å²) in [5.41, 5.74) is 1.73. The zero-order chi connectivity index (χ0) is 17.5. The Balaban J connectivity index is 1.55. The van der Waals surface area contributed by atoms with E-state index in [1.54, 1.807) is 12.4 Å². The first-order valence-corrected chi connectivity index (χ1v) is 8.70. The maximum Gasteiger partial charge on any atom is 0.182 e. The summed E-state index contributed by atoms with van der Waals surface area (Å²) in [6, 6.07) is 13.2. The van der Waals surface area contributed by atoms with Crippen molar-refractivity contribution >= 4 is 5.82 Å². The summed E-state index contributed by atoms with van der Waals surface area (Å²) in [4.78, 5) is 13.2. The molecule has 0 aliphatic carbocycles. The molecular weight excluding hydrogens is 312 g/mol. The van der Waals surface area contributed by atoms with Crippen molar-refractivity contribution in [3.05, 3.63) is 54.0 Å². The first kappa shape index (κ1) is 17.3. The molecule has 0 spiro atoms. The van der Waals surface area contributed by atoms with Crippen molar-refractivity contribution in [2.75, 3.05) is 45.1 Å². The molecule has 6 heteroatoms. The van der Waals surface area contributed by atoms with Crippen LogP contribution in [0.25, 0.3) is 0 Å². The Hall–Kier alpha value is -2.49. The molecule has 1 N–H and O–H groups in total. The van der Waals surface area contributed by atoms with Gasteiger partial charge in [0, 0.05) is 51.2 Å². The summed E-state index contributed by atoms with van der Waals surface area (Å²) >= 11 is 0. The molecule has 1 saturated heterocycles. The van der Waals surface area contributed by atoms with Crippen molar-refractivity contribution < 1.29 is 0 Å². The van der Waals surface area contributed by atoms with E-state index in [9.17, 15) is 0 Å². The molecule has 0 unspecified atom stereocenters. The number of benzene rings is 1. The number of likely N-dealkylation sites (N-methyl/N-ethyl adjacent to an activating group) is 1. The lowest BCUT2D eigenvalue weighted by Gasteiger charge is -2.40. The van der Waals surface area contributed by atoms with Crippen LogP contribution >= 0.6 is 0 Å². The monoisotopic (exact) mass is 336 g/mol. The Morgan fingerprint density at radius 2 is 2.00 bits per heavy atom. The molecule has 3 rings (SSSR count). The summed E-state index contributed by atoms with van der Waals surface area (Å²) in [6.07, 6.45) is 4.14. The minimum atomic E-state index is 0.351. The van der Waals surface area contributed by atoms with Gasteiger partial charge in [0.05, 0.1) is 0 Å². The highest BCUT2D eigenvalue weighted by Gasteiger charge is 2.25. The normalized spacial score (nSPS) is 18.6. The van der Waals surface area contributed by atoms with Gasteiger partial charge in [-0.3, -0.25) is 4.90 Å². The van der Waals surface area contributed by atoms with Crippen molar-refractivity contribution in [2.24, 2.45) is 0 Å². The van der Waals surface area contributed by atoms with Gasteiger partial charge >= 0.3 is 0 Å². The van der Waals surface area contributed by atoms with Crippen LogP contribution in [0.2, 0.25) is 0 Å². The molecule has 130 valence electrons. The molecule has 0 radical (unpaired) electrons. The molecule has 1 atom stereocenters. The van der Waals surface area contributed by atoms with E-state index < -0.39 is 0 Å². The number of nitriles is 1. The van der Waals surface area contributed by atoms with Gasteiger partial charge in [-0.2, -0.15) is 5.26 Å². The maximum atomic E-state index is 9.06. The van der Waals surface area contributed by atoms with Crippen LogP contribution in [0.1, 0.15) is 23.7 Å². The van der Waals surface area contributed by atoms with Crippen LogP contribution in [0.5, 0.6) is 0 Å². The third-order valence-corrected chi connectivity index (χ3v) is 4.60. The molecule has 0 saturated carbocycles. The average Bonchev–Trinajstić information content (AvgIpc) is 2.67. The van der Waals surface area contributed by atoms with Crippen LogP contribution in [-0.2, 0) is 0 Å². The third-order valence-electron chi connectivity index (χ3n) is 4.60. The quantitative estimate of drug-likeness (QED) is 0.815. The Kier molecular flexibility index (Phi) is 5.94. The predicted octanol–water partition coefficient (Wildman–Crippen LogP) is 2.14. The second-order valence-electron chi connectivity index (χ2n) is 6.37. The zero-order valence-electron chi connectivity index (χ0n) is 14.6. The number of nitrogens with zero attached hydrogens (tertiary/aromatic N) is 5. The van der Waals surface area contributed by atoms with Crippen molar-refractivity contribution in [3.8, 4) is 6.07 Å². The summed E-state index contributed by atoms with van der Waals surface area (Å²) in [5.74, 6) is 0.572. The van der Waals surface area contributed by atoms with Crippen LogP contribution < -0.4 is 5.32 Å². The lowest BCUT2D eigenvalue weighted by molar-refractivity contribution is 0.0896. The van der Waals surface area contributed by atoms with Crippen LogP contribution in [-0.4, -0.2) is 59.5 Å². The fraction of sp³-hybridized carbons (Fsp3) is 0.421. The molecule has 1 aliphatic rings. The fourth-order valence-electron chi connectivity index (χ4n) is 3.25. The second kappa shape index (κ2) is 8.56. The summed E-state index contributed by atoms with van der Waals surface area (Å²) in [6.45, 7) is 5.02. The minimum Gasteiger partial charge on any atom is -0.368 e. The maximum absolute atomic E-state index is 9.06. The van der Waals surface area contributed by atoms with Crippen molar-refractivity contribution in [1.29, 1.82) is 5.26 Å². The van der Waals surface area contributed by atoms with Crippen LogP contribution in [0.4, 0.5) is 5.82 Å². The lowest BCUT2D eigenvalue weighted by atomic mass is 10.0. The molecular formula is C19H24N6. The highest BCUT2D eigenvalue weighted by Crippen LogP contribution is 2.24. The Morgan fingerprint density at radius 1 is 1.20 bits per heavy atom. The van der Waals surface area contributed by atoms with E-state index in [1.807, 2.05) is 0 Å². The van der Waals surface area contributed by atoms with Crippen molar-refractivity contribution in [1.82, 2.24) is 19.8 Å². The molecule has 1 aromatic carbocycles. The van der Waals surface area contributed by atoms with Crippen molar-refractivity contribution in [3.63, 3.8) is 0 Å². The number of hydrogen-bond donors (Lipinski definition) is 1. The van der Waals surface area contributed by atoms with Gasteiger partial charge in [-0.25, -0.2) is 9.97 Å². The van der Waals surface area contributed by atoms with Crippen molar-refractivity contribution in [2.45, 2.75) is 12.5 Å². The molecule has 1 aromatic heterocycles. The van der Waals surface area contributed by atoms with E-state index in [0.717, 1.165) is 39.1 Å². The molecule has 1 fully saturated rings. The molecule has 0 amide bonds. The van der Waals surface area contributed by atoms with Gasteiger partial charge in [0.1, 0.15) is 6.07 Å². The summed E-state index contributed by atoms with van der Waals surface area (Å²) in [7, 11) is 2.19. The largest absolute Gasteiger partial charge is 0.368 e. The van der Waals surface area contributed by atoms with Gasteiger partial charge in [0.15, 0.2) is 11.5 Å². The van der Waals surface area contributed by atoms with Gasteiger partial charge in [0.2, 0.25) is 0 Å². The molecule has 1 aliphatic heterocycles. The van der Waals surface area contributed by atoms with E-state index in [0.29, 0.717) is 17.6 Å². The number of rotatable bonds is 6. The number of aromatic nitrogens is 2. The van der Waals surface area contributed by atoms with Crippen LogP contribution in [0, 0.1) is 11.3 Å². The van der Waals surface area contributed by atoms with Crippen LogP contribution in [0.3, 0.4) is 0 Å². The van der Waals surface area contributed by atoms with Gasteiger partial charge in [-0.05, 0) is 19.0 Å². The summed E-state index contributed by atoms with van der Waals surface area (Å²) < 4.78 is 0. The Bertz CT molecular complexity index is 711. The third kappa shape index (κ3) is 4.53. The molecule has 2 heterocycles. The lowest BCUT2D eigenvalue weighted by Crippen LogP contribution is -2.47. The van der Waals surface area contributed by atoms with Gasteiger partial charge in [-0.1, -0.05) is 30.3 Å². The van der Waals surface area contributed by atoms with E-state index >= 15 is 0 Å².